The van der Waals surface area contributed by atoms with Crippen LogP contribution in [0.5, 0.6) is 0 Å². The number of fused-ring (bicyclic) bond motifs is 1. The number of carbonyl (C=O) groups excluding carboxylic acids is 1. The Hall–Kier alpha value is -1.83. The lowest BCUT2D eigenvalue weighted by atomic mass is 9.57. The largest absolute Gasteiger partial charge is 0.455 e. The van der Waals surface area contributed by atoms with E-state index >= 15 is 0 Å². The first-order valence-electron chi connectivity index (χ1n) is 9.02. The van der Waals surface area contributed by atoms with Gasteiger partial charge in [0.25, 0.3) is 0 Å². The molecule has 2 heteroatoms. The molecule has 0 bridgehead atoms. The number of carbonyl (C=O) groups is 1. The zero-order valence-electron chi connectivity index (χ0n) is 15.0. The van der Waals surface area contributed by atoms with Crippen LogP contribution in [0.4, 0.5) is 0 Å². The van der Waals surface area contributed by atoms with Crippen LogP contribution >= 0.6 is 0 Å². The lowest BCUT2D eigenvalue weighted by molar-refractivity contribution is 0.0224. The third-order valence-electron chi connectivity index (χ3n) is 6.19. The smallest absolute Gasteiger partial charge is 0.338 e. The van der Waals surface area contributed by atoms with Crippen molar-refractivity contribution in [2.75, 3.05) is 0 Å². The lowest BCUT2D eigenvalue weighted by Gasteiger charge is -2.48. The van der Waals surface area contributed by atoms with Gasteiger partial charge < -0.3 is 4.74 Å². The number of esters is 1. The minimum absolute atomic E-state index is 0.0999. The summed E-state index contributed by atoms with van der Waals surface area (Å²) in [7, 11) is 0. The maximum atomic E-state index is 12.3. The van der Waals surface area contributed by atoms with E-state index in [-0.39, 0.29) is 17.5 Å². The summed E-state index contributed by atoms with van der Waals surface area (Å²) in [5.74, 6) is 0.912. The molecule has 3 rings (SSSR count). The predicted octanol–water partition coefficient (Wildman–Crippen LogP) is 5.56. The van der Waals surface area contributed by atoms with Gasteiger partial charge in [0.15, 0.2) is 0 Å². The minimum atomic E-state index is -0.219. The summed E-state index contributed by atoms with van der Waals surface area (Å²) in [4.78, 5) is 12.3. The first-order chi connectivity index (χ1) is 11.4. The Morgan fingerprint density at radius 3 is 2.67 bits per heavy atom. The second-order valence-corrected chi connectivity index (χ2v) is 7.84. The molecule has 0 N–H and O–H groups in total. The molecule has 1 fully saturated rings. The molecule has 1 aromatic rings. The summed E-state index contributed by atoms with van der Waals surface area (Å²) in [6.45, 7) is 11.0. The second kappa shape index (κ2) is 6.58. The van der Waals surface area contributed by atoms with Gasteiger partial charge in [-0.25, -0.2) is 4.79 Å². The van der Waals surface area contributed by atoms with Crippen LogP contribution in [0.3, 0.4) is 0 Å². The highest BCUT2D eigenvalue weighted by molar-refractivity contribution is 5.89. The minimum Gasteiger partial charge on any atom is -0.455 e. The van der Waals surface area contributed by atoms with Crippen molar-refractivity contribution >= 4 is 5.97 Å². The Labute approximate surface area is 145 Å². The Morgan fingerprint density at radius 1 is 1.29 bits per heavy atom. The molecular formula is C22H28O2. The number of hydrogen-bond donors (Lipinski definition) is 0. The molecule has 0 aromatic heterocycles. The Bertz CT molecular complexity index is 658. The van der Waals surface area contributed by atoms with Crippen LogP contribution in [0.25, 0.3) is 0 Å². The van der Waals surface area contributed by atoms with Crippen LogP contribution in [0.1, 0.15) is 56.8 Å². The topological polar surface area (TPSA) is 26.3 Å². The van der Waals surface area contributed by atoms with Gasteiger partial charge in [0.05, 0.1) is 5.56 Å². The number of allylic oxidation sites excluding steroid dienone is 2. The highest BCUT2D eigenvalue weighted by Gasteiger charge is 2.44. The molecule has 2 aliphatic carbocycles. The molecule has 4 atom stereocenters. The van der Waals surface area contributed by atoms with E-state index in [1.165, 1.54) is 24.0 Å². The molecule has 128 valence electrons. The van der Waals surface area contributed by atoms with Crippen molar-refractivity contribution in [3.8, 4) is 0 Å². The molecule has 1 aromatic carbocycles. The summed E-state index contributed by atoms with van der Waals surface area (Å²) < 4.78 is 5.78. The third-order valence-corrected chi connectivity index (χ3v) is 6.19. The fourth-order valence-electron chi connectivity index (χ4n) is 4.34. The van der Waals surface area contributed by atoms with E-state index in [4.69, 9.17) is 4.74 Å². The first kappa shape index (κ1) is 17.0. The lowest BCUT2D eigenvalue weighted by Crippen LogP contribution is -2.40. The van der Waals surface area contributed by atoms with E-state index in [1.807, 2.05) is 30.3 Å². The zero-order chi connectivity index (χ0) is 17.3. The normalized spacial score (nSPS) is 32.5. The van der Waals surface area contributed by atoms with Gasteiger partial charge in [0, 0.05) is 0 Å². The van der Waals surface area contributed by atoms with Crippen LogP contribution in [0.15, 0.2) is 54.1 Å². The molecule has 24 heavy (non-hydrogen) atoms. The summed E-state index contributed by atoms with van der Waals surface area (Å²) in [6, 6.07) is 9.27. The zero-order valence-corrected chi connectivity index (χ0v) is 15.0. The van der Waals surface area contributed by atoms with E-state index in [0.29, 0.717) is 17.4 Å². The van der Waals surface area contributed by atoms with Gasteiger partial charge in [0.1, 0.15) is 6.10 Å². The third kappa shape index (κ3) is 3.19. The van der Waals surface area contributed by atoms with Crippen molar-refractivity contribution in [3.63, 3.8) is 0 Å². The fraction of sp³-hybridized carbons (Fsp3) is 0.500. The molecular weight excluding hydrogens is 296 g/mol. The van der Waals surface area contributed by atoms with E-state index in [1.54, 1.807) is 0 Å². The summed E-state index contributed by atoms with van der Waals surface area (Å²) >= 11 is 0. The molecule has 0 radical (unpaired) electrons. The Kier molecular flexibility index (Phi) is 4.67. The van der Waals surface area contributed by atoms with Gasteiger partial charge in [-0.3, -0.25) is 0 Å². The van der Waals surface area contributed by atoms with Gasteiger partial charge in [0.2, 0.25) is 0 Å². The van der Waals surface area contributed by atoms with E-state index < -0.39 is 0 Å². The summed E-state index contributed by atoms with van der Waals surface area (Å²) in [6.07, 6.45) is 6.48. The molecule has 1 saturated carbocycles. The quantitative estimate of drug-likeness (QED) is 0.537. The Balaban J connectivity index is 1.76. The summed E-state index contributed by atoms with van der Waals surface area (Å²) in [5.41, 5.74) is 3.63. The second-order valence-electron chi connectivity index (χ2n) is 7.84. The van der Waals surface area contributed by atoms with Crippen LogP contribution < -0.4 is 0 Å². The van der Waals surface area contributed by atoms with Gasteiger partial charge in [-0.1, -0.05) is 49.8 Å². The van der Waals surface area contributed by atoms with E-state index in [0.717, 1.165) is 12.8 Å². The van der Waals surface area contributed by atoms with Crippen molar-refractivity contribution in [2.24, 2.45) is 17.3 Å². The average molecular weight is 324 g/mol. The van der Waals surface area contributed by atoms with Crippen LogP contribution in [0.2, 0.25) is 0 Å². The molecule has 2 unspecified atom stereocenters. The van der Waals surface area contributed by atoms with Crippen LogP contribution in [0, 0.1) is 17.3 Å². The van der Waals surface area contributed by atoms with Gasteiger partial charge >= 0.3 is 5.97 Å². The SMILES string of the molecule is C=C(C)C1CCC2=CC(OC(=O)c3ccccc3)C[C@@H](C)[C@]2(C)C1. The molecule has 2 nitrogen and oxygen atoms in total. The van der Waals surface area contributed by atoms with Crippen molar-refractivity contribution in [3.05, 3.63) is 59.7 Å². The van der Waals surface area contributed by atoms with Crippen molar-refractivity contribution in [2.45, 2.75) is 52.6 Å². The number of hydrogen-bond acceptors (Lipinski definition) is 2. The van der Waals surface area contributed by atoms with Crippen molar-refractivity contribution in [1.29, 1.82) is 0 Å². The van der Waals surface area contributed by atoms with Crippen LogP contribution in [-0.4, -0.2) is 12.1 Å². The van der Waals surface area contributed by atoms with Gasteiger partial charge in [-0.15, -0.1) is 0 Å². The monoisotopic (exact) mass is 324 g/mol. The molecule has 0 aliphatic heterocycles. The summed E-state index contributed by atoms with van der Waals surface area (Å²) in [5, 5.41) is 0. The van der Waals surface area contributed by atoms with Gasteiger partial charge in [-0.05, 0) is 68.1 Å². The maximum absolute atomic E-state index is 12.3. The van der Waals surface area contributed by atoms with Crippen molar-refractivity contribution < 1.29 is 9.53 Å². The molecule has 0 heterocycles. The number of rotatable bonds is 3. The number of benzene rings is 1. The Morgan fingerprint density at radius 2 is 2.00 bits per heavy atom. The standard InChI is InChI=1S/C22H28O2/c1-15(2)18-10-11-19-13-20(12-16(3)22(19,4)14-18)24-21(23)17-8-6-5-7-9-17/h5-9,13,16,18,20H,1,10-12,14H2,2-4H3/t16-,18?,20?,22+/m1/s1. The highest BCUT2D eigenvalue weighted by Crippen LogP contribution is 2.53. The molecule has 0 saturated heterocycles. The van der Waals surface area contributed by atoms with Gasteiger partial charge in [-0.2, -0.15) is 0 Å². The highest BCUT2D eigenvalue weighted by atomic mass is 16.5. The first-order valence-corrected chi connectivity index (χ1v) is 9.02. The maximum Gasteiger partial charge on any atom is 0.338 e. The predicted molar refractivity (Wildman–Crippen MR) is 97.8 cm³/mol. The average Bonchev–Trinajstić information content (AvgIpc) is 2.56. The molecule has 0 spiro atoms. The fourth-order valence-corrected chi connectivity index (χ4v) is 4.34. The molecule has 0 amide bonds. The molecule has 2 aliphatic rings. The van der Waals surface area contributed by atoms with Crippen LogP contribution in [-0.2, 0) is 4.74 Å². The number of ether oxygens (including phenoxy) is 1. The van der Waals surface area contributed by atoms with E-state index in [2.05, 4.69) is 33.4 Å². The van der Waals surface area contributed by atoms with E-state index in [9.17, 15) is 4.79 Å². The van der Waals surface area contributed by atoms with Crippen molar-refractivity contribution in [1.82, 2.24) is 0 Å².